The third-order valence-corrected chi connectivity index (χ3v) is 4.20. The molecule has 0 fully saturated rings. The van der Waals surface area contributed by atoms with Gasteiger partial charge in [-0.05, 0) is 30.5 Å². The number of carboxylic acids is 1. The molecule has 0 saturated carbocycles. The molecule has 1 amide bonds. The Morgan fingerprint density at radius 2 is 2.05 bits per heavy atom. The van der Waals surface area contributed by atoms with Crippen molar-refractivity contribution in [1.29, 1.82) is 0 Å². The van der Waals surface area contributed by atoms with Crippen LogP contribution in [-0.2, 0) is 4.79 Å². The van der Waals surface area contributed by atoms with E-state index in [4.69, 9.17) is 5.11 Å². The highest BCUT2D eigenvalue weighted by molar-refractivity contribution is 7.12. The highest BCUT2D eigenvalue weighted by atomic mass is 32.1. The molecule has 2 heterocycles. The van der Waals surface area contributed by atoms with Crippen LogP contribution in [0.5, 0.6) is 0 Å². The average molecular weight is 306 g/mol. The number of aromatic nitrogens is 1. The Kier molecular flexibility index (Phi) is 4.80. The van der Waals surface area contributed by atoms with E-state index in [0.29, 0.717) is 11.4 Å². The lowest BCUT2D eigenvalue weighted by molar-refractivity contribution is -0.141. The summed E-state index contributed by atoms with van der Waals surface area (Å²) in [7, 11) is 0. The second-order valence-corrected chi connectivity index (χ2v) is 5.72. The third kappa shape index (κ3) is 3.33. The van der Waals surface area contributed by atoms with Crippen molar-refractivity contribution in [2.24, 2.45) is 5.92 Å². The van der Waals surface area contributed by atoms with Crippen molar-refractivity contribution in [2.45, 2.75) is 13.8 Å². The minimum Gasteiger partial charge on any atom is -0.481 e. The van der Waals surface area contributed by atoms with Crippen LogP contribution < -0.4 is 0 Å². The van der Waals surface area contributed by atoms with Crippen LogP contribution in [0.3, 0.4) is 0 Å². The maximum absolute atomic E-state index is 12.6. The van der Waals surface area contributed by atoms with Gasteiger partial charge in [-0.2, -0.15) is 0 Å². The van der Waals surface area contributed by atoms with Crippen molar-refractivity contribution in [2.75, 3.05) is 13.1 Å². The van der Waals surface area contributed by atoms with Gasteiger partial charge in [-0.15, -0.1) is 11.3 Å². The Hall–Kier alpha value is -2.08. The number of nitrogens with zero attached hydrogens (tertiary/aromatic N) is 2. The molecular formula is C15H18N2O3S. The predicted molar refractivity (Wildman–Crippen MR) is 82.0 cm³/mol. The van der Waals surface area contributed by atoms with Gasteiger partial charge in [0, 0.05) is 25.5 Å². The molecule has 2 aromatic heterocycles. The van der Waals surface area contributed by atoms with Gasteiger partial charge in [-0.25, -0.2) is 0 Å². The SMILES string of the molecule is CCN(CC(C)C(=O)O)C(=O)c1sccc1-n1cccc1. The molecular weight excluding hydrogens is 288 g/mol. The Morgan fingerprint density at radius 1 is 1.38 bits per heavy atom. The number of rotatable bonds is 6. The van der Waals surface area contributed by atoms with Crippen LogP contribution in [0, 0.1) is 5.92 Å². The van der Waals surface area contributed by atoms with E-state index in [0.717, 1.165) is 5.69 Å². The van der Waals surface area contributed by atoms with Crippen LogP contribution in [0.15, 0.2) is 36.0 Å². The molecule has 0 bridgehead atoms. The fourth-order valence-electron chi connectivity index (χ4n) is 2.07. The van der Waals surface area contributed by atoms with Crippen molar-refractivity contribution < 1.29 is 14.7 Å². The zero-order valence-corrected chi connectivity index (χ0v) is 12.8. The Balaban J connectivity index is 2.23. The van der Waals surface area contributed by atoms with E-state index in [1.165, 1.54) is 11.3 Å². The molecule has 0 aliphatic carbocycles. The normalized spacial score (nSPS) is 12.1. The number of carbonyl (C=O) groups is 2. The molecule has 21 heavy (non-hydrogen) atoms. The summed E-state index contributed by atoms with van der Waals surface area (Å²) in [5.74, 6) is -1.59. The van der Waals surface area contributed by atoms with Crippen molar-refractivity contribution >= 4 is 23.2 Å². The topological polar surface area (TPSA) is 62.5 Å². The summed E-state index contributed by atoms with van der Waals surface area (Å²) in [6.07, 6.45) is 3.77. The summed E-state index contributed by atoms with van der Waals surface area (Å²) in [6, 6.07) is 5.69. The van der Waals surface area contributed by atoms with Crippen molar-refractivity contribution in [3.63, 3.8) is 0 Å². The minimum atomic E-state index is -0.891. The standard InChI is InChI=1S/C15H18N2O3S/c1-3-16(10-11(2)15(19)20)14(18)13-12(6-9-21-13)17-7-4-5-8-17/h4-9,11H,3,10H2,1-2H3,(H,19,20). The summed E-state index contributed by atoms with van der Waals surface area (Å²) >= 11 is 1.38. The molecule has 0 aliphatic rings. The molecule has 2 rings (SSSR count). The maximum Gasteiger partial charge on any atom is 0.308 e. The van der Waals surface area contributed by atoms with Crippen LogP contribution in [0.1, 0.15) is 23.5 Å². The van der Waals surface area contributed by atoms with Gasteiger partial charge in [0.05, 0.1) is 11.6 Å². The molecule has 1 unspecified atom stereocenters. The molecule has 6 heteroatoms. The molecule has 0 spiro atoms. The number of hydrogen-bond donors (Lipinski definition) is 1. The fourth-order valence-corrected chi connectivity index (χ4v) is 2.93. The van der Waals surface area contributed by atoms with E-state index < -0.39 is 11.9 Å². The van der Waals surface area contributed by atoms with Gasteiger partial charge < -0.3 is 14.6 Å². The summed E-state index contributed by atoms with van der Waals surface area (Å²) < 4.78 is 1.89. The van der Waals surface area contributed by atoms with Gasteiger partial charge in [0.15, 0.2) is 0 Å². The van der Waals surface area contributed by atoms with E-state index in [1.54, 1.807) is 11.8 Å². The zero-order chi connectivity index (χ0) is 15.4. The number of hydrogen-bond acceptors (Lipinski definition) is 3. The van der Waals surface area contributed by atoms with E-state index in [9.17, 15) is 9.59 Å². The smallest absolute Gasteiger partial charge is 0.308 e. The summed E-state index contributed by atoms with van der Waals surface area (Å²) in [4.78, 5) is 25.8. The number of carbonyl (C=O) groups excluding carboxylic acids is 1. The first-order valence-electron chi connectivity index (χ1n) is 6.77. The largest absolute Gasteiger partial charge is 0.481 e. The van der Waals surface area contributed by atoms with Gasteiger partial charge in [0.25, 0.3) is 5.91 Å². The number of thiophene rings is 1. The molecule has 0 radical (unpaired) electrons. The Bertz CT molecular complexity index is 619. The monoisotopic (exact) mass is 306 g/mol. The third-order valence-electron chi connectivity index (χ3n) is 3.31. The zero-order valence-electron chi connectivity index (χ0n) is 12.0. The molecule has 2 aromatic rings. The van der Waals surface area contributed by atoms with Gasteiger partial charge in [-0.3, -0.25) is 9.59 Å². The van der Waals surface area contributed by atoms with E-state index in [1.807, 2.05) is 47.5 Å². The molecule has 112 valence electrons. The molecule has 0 saturated heterocycles. The Morgan fingerprint density at radius 3 is 2.62 bits per heavy atom. The average Bonchev–Trinajstić information content (AvgIpc) is 3.12. The number of amides is 1. The lowest BCUT2D eigenvalue weighted by Crippen LogP contribution is -2.36. The quantitative estimate of drug-likeness (QED) is 0.892. The molecule has 1 N–H and O–H groups in total. The first-order chi connectivity index (χ1) is 10.0. The molecule has 1 atom stereocenters. The first-order valence-corrected chi connectivity index (χ1v) is 7.65. The second-order valence-electron chi connectivity index (χ2n) is 4.81. The minimum absolute atomic E-state index is 0.121. The lowest BCUT2D eigenvalue weighted by atomic mass is 10.1. The van der Waals surface area contributed by atoms with Crippen molar-refractivity contribution in [1.82, 2.24) is 9.47 Å². The van der Waals surface area contributed by atoms with Crippen LogP contribution >= 0.6 is 11.3 Å². The number of carboxylic acid groups (broad SMARTS) is 1. The fraction of sp³-hybridized carbons (Fsp3) is 0.333. The Labute approximate surface area is 127 Å². The van der Waals surface area contributed by atoms with Crippen LogP contribution in [0.25, 0.3) is 5.69 Å². The highest BCUT2D eigenvalue weighted by Gasteiger charge is 2.23. The van der Waals surface area contributed by atoms with Crippen LogP contribution in [-0.4, -0.2) is 39.5 Å². The van der Waals surface area contributed by atoms with Crippen molar-refractivity contribution in [3.8, 4) is 5.69 Å². The molecule has 0 aliphatic heterocycles. The van der Waals surface area contributed by atoms with E-state index >= 15 is 0 Å². The molecule has 5 nitrogen and oxygen atoms in total. The van der Waals surface area contributed by atoms with Crippen molar-refractivity contribution in [3.05, 3.63) is 40.8 Å². The first kappa shape index (κ1) is 15.3. The lowest BCUT2D eigenvalue weighted by Gasteiger charge is -2.23. The van der Waals surface area contributed by atoms with E-state index in [2.05, 4.69) is 0 Å². The van der Waals surface area contributed by atoms with Gasteiger partial charge in [0.2, 0.25) is 0 Å². The van der Waals surface area contributed by atoms with Gasteiger partial charge in [0.1, 0.15) is 4.88 Å². The number of aliphatic carboxylic acids is 1. The van der Waals surface area contributed by atoms with E-state index in [-0.39, 0.29) is 12.5 Å². The summed E-state index contributed by atoms with van der Waals surface area (Å²) in [5.41, 5.74) is 0.830. The highest BCUT2D eigenvalue weighted by Crippen LogP contribution is 2.23. The molecule has 0 aromatic carbocycles. The summed E-state index contributed by atoms with van der Waals surface area (Å²) in [6.45, 7) is 4.17. The second kappa shape index (κ2) is 6.58. The summed E-state index contributed by atoms with van der Waals surface area (Å²) in [5, 5.41) is 10.9. The van der Waals surface area contributed by atoms with Crippen LogP contribution in [0.2, 0.25) is 0 Å². The predicted octanol–water partition coefficient (Wildman–Crippen LogP) is 2.72. The van der Waals surface area contributed by atoms with Crippen LogP contribution in [0.4, 0.5) is 0 Å². The van der Waals surface area contributed by atoms with Gasteiger partial charge >= 0.3 is 5.97 Å². The maximum atomic E-state index is 12.6. The van der Waals surface area contributed by atoms with Gasteiger partial charge in [-0.1, -0.05) is 6.92 Å².